The monoisotopic (exact) mass is 246 g/mol. The Hall–Kier alpha value is -2.21. The lowest BCUT2D eigenvalue weighted by atomic mass is 10.2. The first-order valence-electron chi connectivity index (χ1n) is 5.58. The minimum absolute atomic E-state index is 0.310. The molecule has 0 radical (unpaired) electrons. The average Bonchev–Trinajstić information content (AvgIpc) is 2.80. The summed E-state index contributed by atoms with van der Waals surface area (Å²) in [7, 11) is 0. The second-order valence-electron chi connectivity index (χ2n) is 4.06. The highest BCUT2D eigenvalue weighted by Crippen LogP contribution is 2.23. The first-order valence-corrected chi connectivity index (χ1v) is 5.58. The van der Waals surface area contributed by atoms with Crippen molar-refractivity contribution in [2.45, 2.75) is 13.1 Å². The van der Waals surface area contributed by atoms with Crippen LogP contribution in [0.3, 0.4) is 0 Å². The van der Waals surface area contributed by atoms with Crippen LogP contribution in [-0.4, -0.2) is 9.97 Å². The quantitative estimate of drug-likeness (QED) is 0.746. The minimum Gasteiger partial charge on any atom is -0.337 e. The van der Waals surface area contributed by atoms with Crippen molar-refractivity contribution in [3.8, 4) is 0 Å². The maximum Gasteiger partial charge on any atom is 0.347 e. The van der Waals surface area contributed by atoms with Crippen molar-refractivity contribution in [1.29, 1.82) is 0 Å². The van der Waals surface area contributed by atoms with Crippen molar-refractivity contribution < 1.29 is 4.39 Å². The molecule has 1 aliphatic heterocycles. The molecule has 0 atom stereocenters. The van der Waals surface area contributed by atoms with Crippen LogP contribution >= 0.6 is 0 Å². The molecule has 92 valence electrons. The van der Waals surface area contributed by atoms with Gasteiger partial charge in [0.2, 0.25) is 0 Å². The van der Waals surface area contributed by atoms with Crippen molar-refractivity contribution in [2.24, 2.45) is 0 Å². The van der Waals surface area contributed by atoms with Crippen LogP contribution in [0.2, 0.25) is 0 Å². The second-order valence-corrected chi connectivity index (χ2v) is 4.06. The third-order valence-corrected chi connectivity index (χ3v) is 2.85. The van der Waals surface area contributed by atoms with Crippen LogP contribution in [0.4, 0.5) is 15.9 Å². The number of aromatic amines is 1. The van der Waals surface area contributed by atoms with Gasteiger partial charge in [-0.05, 0) is 12.1 Å². The molecule has 3 N–H and O–H groups in total. The van der Waals surface area contributed by atoms with Crippen LogP contribution in [0.15, 0.2) is 29.1 Å². The van der Waals surface area contributed by atoms with E-state index in [0.29, 0.717) is 24.6 Å². The first-order chi connectivity index (χ1) is 8.74. The molecule has 2 heterocycles. The van der Waals surface area contributed by atoms with E-state index in [2.05, 4.69) is 20.6 Å². The van der Waals surface area contributed by atoms with Gasteiger partial charge in [-0.2, -0.15) is 4.98 Å². The Morgan fingerprint density at radius 2 is 2.11 bits per heavy atom. The molecule has 0 saturated heterocycles. The number of halogens is 1. The molecular weight excluding hydrogens is 235 g/mol. The minimum atomic E-state index is -0.434. The molecule has 18 heavy (non-hydrogen) atoms. The number of anilines is 2. The van der Waals surface area contributed by atoms with Gasteiger partial charge in [-0.15, -0.1) is 0 Å². The third kappa shape index (κ3) is 1.86. The number of nitrogens with zero attached hydrogens (tertiary/aromatic N) is 1. The maximum atomic E-state index is 13.5. The zero-order valence-corrected chi connectivity index (χ0v) is 9.46. The smallest absolute Gasteiger partial charge is 0.337 e. The van der Waals surface area contributed by atoms with E-state index in [1.54, 1.807) is 18.2 Å². The Bertz CT molecular complexity index is 653. The molecule has 2 aromatic rings. The van der Waals surface area contributed by atoms with Gasteiger partial charge < -0.3 is 15.6 Å². The molecule has 0 spiro atoms. The van der Waals surface area contributed by atoms with Gasteiger partial charge in [0.05, 0.1) is 5.69 Å². The molecule has 0 saturated carbocycles. The van der Waals surface area contributed by atoms with Crippen molar-refractivity contribution >= 4 is 11.5 Å². The van der Waals surface area contributed by atoms with Crippen LogP contribution in [0, 0.1) is 5.82 Å². The maximum absolute atomic E-state index is 13.5. The molecule has 1 aromatic carbocycles. The Morgan fingerprint density at radius 1 is 1.28 bits per heavy atom. The fraction of sp³-hybridized carbons (Fsp3) is 0.167. The van der Waals surface area contributed by atoms with E-state index in [1.807, 2.05) is 0 Å². The topological polar surface area (TPSA) is 69.8 Å². The SMILES string of the molecule is O=c1nc(Nc2ccccc2F)c2c([nH]1)CNC2. The molecule has 6 heteroatoms. The van der Waals surface area contributed by atoms with Gasteiger partial charge in [-0.1, -0.05) is 12.1 Å². The Kier molecular flexibility index (Phi) is 2.56. The molecule has 0 amide bonds. The van der Waals surface area contributed by atoms with E-state index >= 15 is 0 Å². The van der Waals surface area contributed by atoms with Gasteiger partial charge >= 0.3 is 5.69 Å². The fourth-order valence-electron chi connectivity index (χ4n) is 1.99. The van der Waals surface area contributed by atoms with Crippen molar-refractivity contribution in [1.82, 2.24) is 15.3 Å². The first kappa shape index (κ1) is 10.9. The molecule has 0 bridgehead atoms. The average molecular weight is 246 g/mol. The molecule has 0 aliphatic carbocycles. The van der Waals surface area contributed by atoms with E-state index in [-0.39, 0.29) is 5.82 Å². The molecule has 0 unspecified atom stereocenters. The molecule has 0 fully saturated rings. The number of H-pyrrole nitrogens is 1. The Labute approximate surface area is 102 Å². The van der Waals surface area contributed by atoms with Gasteiger partial charge in [-0.3, -0.25) is 0 Å². The molecular formula is C12H11FN4O. The van der Waals surface area contributed by atoms with E-state index < -0.39 is 5.69 Å². The van der Waals surface area contributed by atoms with Crippen LogP contribution in [-0.2, 0) is 13.1 Å². The largest absolute Gasteiger partial charge is 0.347 e. The number of nitrogens with one attached hydrogen (secondary N) is 3. The van der Waals surface area contributed by atoms with Crippen molar-refractivity contribution in [3.63, 3.8) is 0 Å². The van der Waals surface area contributed by atoms with Crippen molar-refractivity contribution in [2.75, 3.05) is 5.32 Å². The molecule has 1 aliphatic rings. The normalized spacial score (nSPS) is 13.4. The zero-order valence-electron chi connectivity index (χ0n) is 9.46. The predicted octanol–water partition coefficient (Wildman–Crippen LogP) is 1.26. The fourth-order valence-corrected chi connectivity index (χ4v) is 1.99. The molecule has 3 rings (SSSR count). The summed E-state index contributed by atoms with van der Waals surface area (Å²) in [5.74, 6) is 0.0307. The van der Waals surface area contributed by atoms with Gasteiger partial charge in [-0.25, -0.2) is 9.18 Å². The second kappa shape index (κ2) is 4.23. The highest BCUT2D eigenvalue weighted by atomic mass is 19.1. The highest BCUT2D eigenvalue weighted by molar-refractivity contribution is 5.60. The number of para-hydroxylation sites is 1. The summed E-state index contributed by atoms with van der Waals surface area (Å²) in [5, 5.41) is 5.98. The predicted molar refractivity (Wildman–Crippen MR) is 65.1 cm³/mol. The Balaban J connectivity index is 2.04. The summed E-state index contributed by atoms with van der Waals surface area (Å²) in [6.07, 6.45) is 0. The summed E-state index contributed by atoms with van der Waals surface area (Å²) in [6, 6.07) is 6.29. The lowest BCUT2D eigenvalue weighted by molar-refractivity contribution is 0.631. The van der Waals surface area contributed by atoms with E-state index in [0.717, 1.165) is 11.3 Å². The number of rotatable bonds is 2. The van der Waals surface area contributed by atoms with Crippen LogP contribution < -0.4 is 16.3 Å². The lowest BCUT2D eigenvalue weighted by Crippen LogP contribution is -2.16. The van der Waals surface area contributed by atoms with Gasteiger partial charge in [0, 0.05) is 24.3 Å². The lowest BCUT2D eigenvalue weighted by Gasteiger charge is -2.09. The summed E-state index contributed by atoms with van der Waals surface area (Å²) >= 11 is 0. The van der Waals surface area contributed by atoms with Gasteiger partial charge in [0.1, 0.15) is 11.6 Å². The number of hydrogen-bond donors (Lipinski definition) is 3. The highest BCUT2D eigenvalue weighted by Gasteiger charge is 2.17. The Morgan fingerprint density at radius 3 is 2.94 bits per heavy atom. The van der Waals surface area contributed by atoms with Gasteiger partial charge in [0.15, 0.2) is 0 Å². The standard InChI is InChI=1S/C12H11FN4O/c13-8-3-1-2-4-9(8)15-11-7-5-14-6-10(7)16-12(18)17-11/h1-4,14H,5-6H2,(H2,15,16,17,18). The van der Waals surface area contributed by atoms with Crippen LogP contribution in [0.1, 0.15) is 11.3 Å². The number of fused-ring (bicyclic) bond motifs is 1. The van der Waals surface area contributed by atoms with Gasteiger partial charge in [0.25, 0.3) is 0 Å². The van der Waals surface area contributed by atoms with E-state index in [4.69, 9.17) is 0 Å². The summed E-state index contributed by atoms with van der Waals surface area (Å²) in [4.78, 5) is 17.9. The molecule has 5 nitrogen and oxygen atoms in total. The summed E-state index contributed by atoms with van der Waals surface area (Å²) in [5.41, 5.74) is 1.55. The number of benzene rings is 1. The molecule has 1 aromatic heterocycles. The zero-order chi connectivity index (χ0) is 12.5. The number of hydrogen-bond acceptors (Lipinski definition) is 4. The number of aromatic nitrogens is 2. The van der Waals surface area contributed by atoms with Crippen LogP contribution in [0.25, 0.3) is 0 Å². The van der Waals surface area contributed by atoms with E-state index in [9.17, 15) is 9.18 Å². The third-order valence-electron chi connectivity index (χ3n) is 2.85. The summed E-state index contributed by atoms with van der Waals surface area (Å²) < 4.78 is 13.5. The van der Waals surface area contributed by atoms with Crippen molar-refractivity contribution in [3.05, 3.63) is 51.8 Å². The van der Waals surface area contributed by atoms with E-state index in [1.165, 1.54) is 6.07 Å². The van der Waals surface area contributed by atoms with Crippen LogP contribution in [0.5, 0.6) is 0 Å². The summed E-state index contributed by atoms with van der Waals surface area (Å²) in [6.45, 7) is 1.20.